The van der Waals surface area contributed by atoms with Crippen molar-refractivity contribution in [1.29, 1.82) is 0 Å². The van der Waals surface area contributed by atoms with E-state index in [0.29, 0.717) is 0 Å². The molecule has 2 aromatic rings. The first-order valence-corrected chi connectivity index (χ1v) is 6.62. The van der Waals surface area contributed by atoms with Gasteiger partial charge in [-0.25, -0.2) is 4.98 Å². The predicted molar refractivity (Wildman–Crippen MR) is 73.8 cm³/mol. The van der Waals surface area contributed by atoms with Gasteiger partial charge in [-0.05, 0) is 24.1 Å². The van der Waals surface area contributed by atoms with Crippen LogP contribution in [0, 0.1) is 5.92 Å². The molecule has 0 bridgehead atoms. The molecule has 0 aliphatic carbocycles. The molecule has 3 rings (SSSR count). The Morgan fingerprint density at radius 2 is 2.32 bits per heavy atom. The standard InChI is InChI=1S/C14H18N4O/c1-18(14(19)11-7-15-8-11)5-4-10-2-3-12-13(6-10)17-9-16-12/h2-3,6,9,11,15H,4-5,7-8H2,1H3,(H,16,17). The van der Waals surface area contributed by atoms with Crippen molar-refractivity contribution in [3.63, 3.8) is 0 Å². The maximum absolute atomic E-state index is 12.0. The fourth-order valence-electron chi connectivity index (χ4n) is 2.32. The second kappa shape index (κ2) is 5.01. The van der Waals surface area contributed by atoms with Gasteiger partial charge in [0.05, 0.1) is 23.3 Å². The zero-order valence-electron chi connectivity index (χ0n) is 11.0. The number of aromatic nitrogens is 2. The van der Waals surface area contributed by atoms with Crippen molar-refractivity contribution >= 4 is 16.9 Å². The number of hydrogen-bond acceptors (Lipinski definition) is 3. The molecule has 0 atom stereocenters. The molecule has 19 heavy (non-hydrogen) atoms. The molecule has 1 aromatic heterocycles. The number of amides is 1. The number of nitrogens with one attached hydrogen (secondary N) is 2. The van der Waals surface area contributed by atoms with Gasteiger partial charge in [-0.15, -0.1) is 0 Å². The first-order chi connectivity index (χ1) is 9.24. The number of carbonyl (C=O) groups excluding carboxylic acids is 1. The smallest absolute Gasteiger partial charge is 0.228 e. The number of rotatable bonds is 4. The largest absolute Gasteiger partial charge is 0.345 e. The highest BCUT2D eigenvalue weighted by Gasteiger charge is 2.27. The Hall–Kier alpha value is -1.88. The summed E-state index contributed by atoms with van der Waals surface area (Å²) in [6.45, 7) is 2.40. The second-order valence-electron chi connectivity index (χ2n) is 5.12. The molecule has 5 nitrogen and oxygen atoms in total. The maximum atomic E-state index is 12.0. The van der Waals surface area contributed by atoms with E-state index in [2.05, 4.69) is 27.4 Å². The van der Waals surface area contributed by atoms with Gasteiger partial charge in [0, 0.05) is 26.7 Å². The summed E-state index contributed by atoms with van der Waals surface area (Å²) in [5.41, 5.74) is 3.26. The lowest BCUT2D eigenvalue weighted by atomic mass is 10.0. The lowest BCUT2D eigenvalue weighted by Gasteiger charge is -2.30. The summed E-state index contributed by atoms with van der Waals surface area (Å²) in [4.78, 5) is 21.1. The number of aromatic amines is 1. The molecule has 100 valence electrons. The lowest BCUT2D eigenvalue weighted by molar-refractivity contribution is -0.135. The minimum Gasteiger partial charge on any atom is -0.345 e. The lowest BCUT2D eigenvalue weighted by Crippen LogP contribution is -2.51. The van der Waals surface area contributed by atoms with Crippen LogP contribution in [-0.4, -0.2) is 47.5 Å². The van der Waals surface area contributed by atoms with Gasteiger partial charge in [0.2, 0.25) is 5.91 Å². The van der Waals surface area contributed by atoms with Crippen LogP contribution in [-0.2, 0) is 11.2 Å². The van der Waals surface area contributed by atoms with Crippen LogP contribution in [0.3, 0.4) is 0 Å². The van der Waals surface area contributed by atoms with Crippen molar-refractivity contribution in [2.24, 2.45) is 5.92 Å². The van der Waals surface area contributed by atoms with Crippen LogP contribution >= 0.6 is 0 Å². The van der Waals surface area contributed by atoms with Gasteiger partial charge in [0.25, 0.3) is 0 Å². The molecule has 1 fully saturated rings. The van der Waals surface area contributed by atoms with Crippen LogP contribution in [0.2, 0.25) is 0 Å². The van der Waals surface area contributed by atoms with Gasteiger partial charge in [0.15, 0.2) is 0 Å². The van der Waals surface area contributed by atoms with Crippen LogP contribution in [0.15, 0.2) is 24.5 Å². The molecule has 1 aliphatic heterocycles. The molecule has 1 saturated heterocycles. The third-order valence-corrected chi connectivity index (χ3v) is 3.73. The highest BCUT2D eigenvalue weighted by Crippen LogP contribution is 2.13. The second-order valence-corrected chi connectivity index (χ2v) is 5.12. The van der Waals surface area contributed by atoms with E-state index in [4.69, 9.17) is 0 Å². The molecule has 2 heterocycles. The molecule has 1 aromatic carbocycles. The van der Waals surface area contributed by atoms with E-state index in [9.17, 15) is 4.79 Å². The normalized spacial score (nSPS) is 15.4. The third kappa shape index (κ3) is 2.46. The van der Waals surface area contributed by atoms with Gasteiger partial charge in [0.1, 0.15) is 0 Å². The van der Waals surface area contributed by atoms with Crippen LogP contribution in [0.5, 0.6) is 0 Å². The van der Waals surface area contributed by atoms with Gasteiger partial charge in [-0.2, -0.15) is 0 Å². The number of nitrogens with zero attached hydrogens (tertiary/aromatic N) is 2. The Bertz CT molecular complexity index is 588. The summed E-state index contributed by atoms with van der Waals surface area (Å²) >= 11 is 0. The molecule has 2 N–H and O–H groups in total. The Morgan fingerprint density at radius 3 is 3.05 bits per heavy atom. The number of imidazole rings is 1. The first-order valence-electron chi connectivity index (χ1n) is 6.62. The van der Waals surface area contributed by atoms with E-state index >= 15 is 0 Å². The van der Waals surface area contributed by atoms with Crippen LogP contribution in [0.1, 0.15) is 5.56 Å². The Labute approximate surface area is 112 Å². The molecule has 0 spiro atoms. The zero-order valence-corrected chi connectivity index (χ0v) is 11.0. The summed E-state index contributed by atoms with van der Waals surface area (Å²) in [5.74, 6) is 0.432. The van der Waals surface area contributed by atoms with Gasteiger partial charge >= 0.3 is 0 Å². The summed E-state index contributed by atoms with van der Waals surface area (Å²) in [6.07, 6.45) is 2.57. The predicted octanol–water partition coefficient (Wildman–Crippen LogP) is 0.783. The molecule has 1 amide bonds. The number of carbonyl (C=O) groups is 1. The van der Waals surface area contributed by atoms with Crippen molar-refractivity contribution < 1.29 is 4.79 Å². The summed E-state index contributed by atoms with van der Waals surface area (Å²) in [7, 11) is 1.88. The van der Waals surface area contributed by atoms with E-state index in [-0.39, 0.29) is 11.8 Å². The molecular weight excluding hydrogens is 240 g/mol. The van der Waals surface area contributed by atoms with Crippen LogP contribution in [0.4, 0.5) is 0 Å². The van der Waals surface area contributed by atoms with Gasteiger partial charge in [-0.3, -0.25) is 4.79 Å². The Morgan fingerprint density at radius 1 is 1.47 bits per heavy atom. The van der Waals surface area contributed by atoms with E-state index in [1.54, 1.807) is 6.33 Å². The summed E-state index contributed by atoms with van der Waals surface area (Å²) < 4.78 is 0. The van der Waals surface area contributed by atoms with Crippen molar-refractivity contribution in [3.05, 3.63) is 30.1 Å². The number of fused-ring (bicyclic) bond motifs is 1. The Kier molecular flexibility index (Phi) is 3.21. The molecule has 1 aliphatic rings. The first kappa shape index (κ1) is 12.2. The maximum Gasteiger partial charge on any atom is 0.228 e. The van der Waals surface area contributed by atoms with E-state index in [1.807, 2.05) is 18.0 Å². The average molecular weight is 258 g/mol. The SMILES string of the molecule is CN(CCc1ccc2nc[nH]c2c1)C(=O)C1CNC1. The fraction of sp³-hybridized carbons (Fsp3) is 0.429. The minimum absolute atomic E-state index is 0.181. The molecule has 0 radical (unpaired) electrons. The van der Waals surface area contributed by atoms with Gasteiger partial charge < -0.3 is 15.2 Å². The van der Waals surface area contributed by atoms with E-state index in [1.165, 1.54) is 5.56 Å². The highest BCUT2D eigenvalue weighted by atomic mass is 16.2. The highest BCUT2D eigenvalue weighted by molar-refractivity contribution is 5.80. The topological polar surface area (TPSA) is 61.0 Å². The van der Waals surface area contributed by atoms with Crippen molar-refractivity contribution in [2.45, 2.75) is 6.42 Å². The fourth-order valence-corrected chi connectivity index (χ4v) is 2.32. The van der Waals surface area contributed by atoms with Gasteiger partial charge in [-0.1, -0.05) is 6.07 Å². The van der Waals surface area contributed by atoms with Crippen LogP contribution < -0.4 is 5.32 Å². The number of likely N-dealkylation sites (N-methyl/N-ethyl adjacent to an activating group) is 1. The molecular formula is C14H18N4O. The Balaban J connectivity index is 1.60. The van der Waals surface area contributed by atoms with E-state index in [0.717, 1.165) is 37.1 Å². The summed E-state index contributed by atoms with van der Waals surface area (Å²) in [6, 6.07) is 6.19. The molecule has 0 unspecified atom stereocenters. The molecule has 0 saturated carbocycles. The van der Waals surface area contributed by atoms with Crippen molar-refractivity contribution in [2.75, 3.05) is 26.7 Å². The quantitative estimate of drug-likeness (QED) is 0.852. The third-order valence-electron chi connectivity index (χ3n) is 3.73. The monoisotopic (exact) mass is 258 g/mol. The molecule has 5 heteroatoms. The van der Waals surface area contributed by atoms with Crippen molar-refractivity contribution in [1.82, 2.24) is 20.2 Å². The number of benzene rings is 1. The number of H-pyrrole nitrogens is 1. The average Bonchev–Trinajstić information content (AvgIpc) is 2.80. The van der Waals surface area contributed by atoms with Crippen LogP contribution in [0.25, 0.3) is 11.0 Å². The number of hydrogen-bond donors (Lipinski definition) is 2. The zero-order chi connectivity index (χ0) is 13.2. The van der Waals surface area contributed by atoms with Crippen molar-refractivity contribution in [3.8, 4) is 0 Å². The minimum atomic E-state index is 0.181. The van der Waals surface area contributed by atoms with E-state index < -0.39 is 0 Å². The summed E-state index contributed by atoms with van der Waals surface area (Å²) in [5, 5.41) is 3.13.